The van der Waals surface area contributed by atoms with Gasteiger partial charge in [-0.3, -0.25) is 14.5 Å². The average Bonchev–Trinajstić information content (AvgIpc) is 3.43. The number of piperidine rings is 1. The van der Waals surface area contributed by atoms with E-state index in [0.717, 1.165) is 25.9 Å². The van der Waals surface area contributed by atoms with Crippen molar-refractivity contribution in [1.82, 2.24) is 4.90 Å². The molecule has 10 heteroatoms. The minimum atomic E-state index is -1.46. The van der Waals surface area contributed by atoms with Gasteiger partial charge in [0.25, 0.3) is 0 Å². The highest BCUT2D eigenvalue weighted by Gasteiger charge is 2.89. The second-order valence-corrected chi connectivity index (χ2v) is 14.6. The van der Waals surface area contributed by atoms with Crippen molar-refractivity contribution < 1.29 is 43.1 Å². The number of carbonyl (C=O) groups is 2. The average molecular weight is 628 g/mol. The fraction of sp³-hybridized carbons (Fsp3) is 0.771. The van der Waals surface area contributed by atoms with Gasteiger partial charge in [-0.1, -0.05) is 6.92 Å². The molecule has 1 spiro atoms. The number of likely N-dealkylation sites (tertiary alicyclic amines) is 1. The van der Waals surface area contributed by atoms with Crippen LogP contribution in [0.2, 0.25) is 0 Å². The number of hydrogen-bond donors (Lipinski definition) is 1. The summed E-state index contributed by atoms with van der Waals surface area (Å²) in [7, 11) is 8.52. The molecule has 13 atom stereocenters. The van der Waals surface area contributed by atoms with E-state index in [4.69, 9.17) is 28.4 Å². The van der Waals surface area contributed by atoms with Crippen LogP contribution in [0.25, 0.3) is 0 Å². The van der Waals surface area contributed by atoms with Gasteiger partial charge >= 0.3 is 5.97 Å². The number of ether oxygens (including phenoxy) is 6. The van der Waals surface area contributed by atoms with E-state index in [-0.39, 0.29) is 47.2 Å². The molecule has 1 aromatic carbocycles. The molecule has 248 valence electrons. The van der Waals surface area contributed by atoms with Crippen molar-refractivity contribution in [2.24, 2.45) is 40.4 Å². The van der Waals surface area contributed by atoms with E-state index in [0.29, 0.717) is 30.8 Å². The molecule has 1 aliphatic heterocycles. The third-order valence-corrected chi connectivity index (χ3v) is 13.5. The number of fused-ring (bicyclic) bond motifs is 2. The number of rotatable bonds is 10. The van der Waals surface area contributed by atoms with Crippen LogP contribution in [0.5, 0.6) is 5.75 Å². The van der Waals surface area contributed by atoms with Crippen molar-refractivity contribution >= 4 is 11.8 Å². The van der Waals surface area contributed by atoms with E-state index in [1.165, 1.54) is 6.92 Å². The molecule has 1 heterocycles. The molecule has 1 aromatic rings. The Morgan fingerprint density at radius 3 is 2.27 bits per heavy atom. The van der Waals surface area contributed by atoms with Crippen molar-refractivity contribution in [3.8, 4) is 5.75 Å². The summed E-state index contributed by atoms with van der Waals surface area (Å²) >= 11 is 0. The maximum atomic E-state index is 14.8. The predicted octanol–water partition coefficient (Wildman–Crippen LogP) is 2.99. The van der Waals surface area contributed by atoms with Crippen LogP contribution in [0.4, 0.5) is 0 Å². The van der Waals surface area contributed by atoms with Crippen LogP contribution in [-0.4, -0.2) is 113 Å². The molecule has 1 saturated heterocycles. The van der Waals surface area contributed by atoms with Crippen LogP contribution in [0.3, 0.4) is 0 Å². The van der Waals surface area contributed by atoms with Crippen LogP contribution in [-0.2, 0) is 28.5 Å². The number of methoxy groups -OCH3 is 5. The molecule has 7 bridgehead atoms. The van der Waals surface area contributed by atoms with E-state index in [2.05, 4.69) is 11.8 Å². The second-order valence-electron chi connectivity index (χ2n) is 14.6. The van der Waals surface area contributed by atoms with Gasteiger partial charge in [0, 0.05) is 88.5 Å². The monoisotopic (exact) mass is 627 g/mol. The highest BCUT2D eigenvalue weighted by molar-refractivity contribution is 5.99. The quantitative estimate of drug-likeness (QED) is 0.307. The van der Waals surface area contributed by atoms with Crippen LogP contribution in [0.1, 0.15) is 49.9 Å². The normalized spacial score (nSPS) is 47.4. The molecule has 6 aliphatic rings. The number of Topliss-reactive ketones (excluding diaryl/α,β-unsaturated/α-hetero) is 1. The number of esters is 1. The Morgan fingerprint density at radius 1 is 0.978 bits per heavy atom. The molecule has 0 amide bonds. The van der Waals surface area contributed by atoms with Crippen molar-refractivity contribution in [3.63, 3.8) is 0 Å². The van der Waals surface area contributed by atoms with Crippen LogP contribution >= 0.6 is 0 Å². The number of nitrogens with zero attached hydrogens (tertiary/aromatic N) is 1. The third kappa shape index (κ3) is 3.72. The number of hydrogen-bond acceptors (Lipinski definition) is 10. The van der Waals surface area contributed by atoms with Gasteiger partial charge in [-0.2, -0.15) is 0 Å². The van der Waals surface area contributed by atoms with Gasteiger partial charge in [-0.05, 0) is 56.0 Å². The molecule has 45 heavy (non-hydrogen) atoms. The minimum Gasteiger partial charge on any atom is -0.497 e. The first-order chi connectivity index (χ1) is 21.6. The number of carbonyl (C=O) groups excluding carboxylic acids is 2. The Hall–Kier alpha value is -2.08. The van der Waals surface area contributed by atoms with Crippen molar-refractivity contribution in [1.29, 1.82) is 0 Å². The maximum Gasteiger partial charge on any atom is 0.303 e. The molecule has 7 unspecified atom stereocenters. The summed E-state index contributed by atoms with van der Waals surface area (Å²) in [6.45, 7) is 5.86. The molecule has 0 radical (unpaired) electrons. The van der Waals surface area contributed by atoms with Gasteiger partial charge in [0.15, 0.2) is 5.78 Å². The first kappa shape index (κ1) is 31.5. The van der Waals surface area contributed by atoms with Crippen molar-refractivity contribution in [3.05, 3.63) is 29.8 Å². The summed E-state index contributed by atoms with van der Waals surface area (Å²) in [4.78, 5) is 30.7. The smallest absolute Gasteiger partial charge is 0.303 e. The zero-order valence-electron chi connectivity index (χ0n) is 27.6. The van der Waals surface area contributed by atoms with Gasteiger partial charge in [-0.25, -0.2) is 0 Å². The summed E-state index contributed by atoms with van der Waals surface area (Å²) in [5, 5.41) is 12.9. The highest BCUT2D eigenvalue weighted by atomic mass is 16.6. The zero-order valence-corrected chi connectivity index (χ0v) is 27.6. The Balaban J connectivity index is 1.52. The summed E-state index contributed by atoms with van der Waals surface area (Å²) in [5.41, 5.74) is -2.76. The first-order valence-corrected chi connectivity index (χ1v) is 16.5. The van der Waals surface area contributed by atoms with Crippen LogP contribution in [0, 0.1) is 40.4 Å². The molecule has 10 nitrogen and oxygen atoms in total. The molecule has 0 aromatic heterocycles. The molecular weight excluding hydrogens is 578 g/mol. The fourth-order valence-electron chi connectivity index (χ4n) is 12.7. The zero-order chi connectivity index (χ0) is 32.1. The van der Waals surface area contributed by atoms with Crippen molar-refractivity contribution in [2.45, 2.75) is 75.1 Å². The maximum absolute atomic E-state index is 14.8. The Kier molecular flexibility index (Phi) is 7.51. The van der Waals surface area contributed by atoms with Gasteiger partial charge in [-0.15, -0.1) is 0 Å². The standard InChI is InChI=1S/C35H49NO9/c1-8-36-17-32(18-40-3)14-13-23(42-5)35-22-15-33(39)24(43-6)16-34(45-19(2)37,27(31(35)36)29(44-7)30(32)35)25(22)26(33)28(38)20-9-11-21(41-4)12-10-20/h9-12,22-27,29-31,39H,8,13-18H2,1-7H3/t22?,23-,24-,25?,26?,27?,29?,30?,31?,32-,33-,34+,35-/m0/s1. The van der Waals surface area contributed by atoms with E-state index in [9.17, 15) is 14.7 Å². The molecule has 6 fully saturated rings. The summed E-state index contributed by atoms with van der Waals surface area (Å²) in [6.07, 6.45) is 1.28. The highest BCUT2D eigenvalue weighted by Crippen LogP contribution is 2.81. The van der Waals surface area contributed by atoms with E-state index in [1.54, 1.807) is 59.8 Å². The lowest BCUT2D eigenvalue weighted by atomic mass is 9.42. The van der Waals surface area contributed by atoms with E-state index >= 15 is 0 Å². The second kappa shape index (κ2) is 10.7. The topological polar surface area (TPSA) is 113 Å². The molecular formula is C35H49NO9. The Labute approximate surface area is 266 Å². The number of ketones is 1. The number of aliphatic hydroxyl groups is 1. The minimum absolute atomic E-state index is 0.0227. The molecule has 7 rings (SSSR count). The summed E-state index contributed by atoms with van der Waals surface area (Å²) < 4.78 is 37.3. The van der Waals surface area contributed by atoms with E-state index in [1.807, 2.05) is 0 Å². The summed E-state index contributed by atoms with van der Waals surface area (Å²) in [5.74, 6) is -1.66. The van der Waals surface area contributed by atoms with Crippen LogP contribution in [0.15, 0.2) is 24.3 Å². The Morgan fingerprint density at radius 2 is 1.69 bits per heavy atom. The molecule has 5 saturated carbocycles. The molecule has 1 N–H and O–H groups in total. The summed E-state index contributed by atoms with van der Waals surface area (Å²) in [6, 6.07) is 7.02. The van der Waals surface area contributed by atoms with E-state index < -0.39 is 40.5 Å². The largest absolute Gasteiger partial charge is 0.497 e. The lowest BCUT2D eigenvalue weighted by molar-refractivity contribution is -0.277. The van der Waals surface area contributed by atoms with Gasteiger partial charge in [0.1, 0.15) is 17.0 Å². The fourth-order valence-corrected chi connectivity index (χ4v) is 12.7. The predicted molar refractivity (Wildman–Crippen MR) is 163 cm³/mol. The van der Waals surface area contributed by atoms with Crippen LogP contribution < -0.4 is 4.74 Å². The van der Waals surface area contributed by atoms with Gasteiger partial charge in [0.2, 0.25) is 0 Å². The first-order valence-electron chi connectivity index (χ1n) is 16.5. The lowest BCUT2D eigenvalue weighted by Crippen LogP contribution is -2.77. The Bertz CT molecular complexity index is 1340. The molecule has 5 aliphatic carbocycles. The number of benzene rings is 1. The van der Waals surface area contributed by atoms with Gasteiger partial charge in [0.05, 0.1) is 37.9 Å². The lowest BCUT2D eigenvalue weighted by Gasteiger charge is -2.69. The third-order valence-electron chi connectivity index (χ3n) is 13.5. The van der Waals surface area contributed by atoms with Gasteiger partial charge < -0.3 is 33.5 Å². The SMILES string of the molecule is CCN1C[C@]2(COC)CC[C@H](OC)[C@@]34C5C[C@@]6(O)C(C(=O)c7ccc(OC)cc7)C5[C@](OC(C)=O)(C[C@@H]6OC)C(C(OC)C23)C14. The van der Waals surface area contributed by atoms with Crippen molar-refractivity contribution in [2.75, 3.05) is 55.2 Å².